The van der Waals surface area contributed by atoms with E-state index in [9.17, 15) is 4.79 Å². The van der Waals surface area contributed by atoms with Crippen molar-refractivity contribution in [3.05, 3.63) is 31.8 Å². The van der Waals surface area contributed by atoms with E-state index in [1.165, 1.54) is 0 Å². The molecule has 0 saturated carbocycles. The first-order valence-corrected chi connectivity index (χ1v) is 7.85. The van der Waals surface area contributed by atoms with E-state index in [0.29, 0.717) is 19.7 Å². The zero-order valence-electron chi connectivity index (χ0n) is 10.2. The Morgan fingerprint density at radius 3 is 3.11 bits per heavy atom. The summed E-state index contributed by atoms with van der Waals surface area (Å²) in [4.78, 5) is 14.4. The number of amides is 1. The van der Waals surface area contributed by atoms with Crippen LogP contribution in [0.3, 0.4) is 0 Å². The van der Waals surface area contributed by atoms with Crippen molar-refractivity contribution in [3.63, 3.8) is 0 Å². The van der Waals surface area contributed by atoms with Gasteiger partial charge in [0.05, 0.1) is 18.3 Å². The summed E-state index contributed by atoms with van der Waals surface area (Å²) in [7, 11) is 0. The van der Waals surface area contributed by atoms with E-state index in [2.05, 4.69) is 45.4 Å². The number of carbonyl (C=O) groups excluding carboxylic acids is 1. The van der Waals surface area contributed by atoms with Crippen LogP contribution >= 0.6 is 38.5 Å². The average Bonchev–Trinajstić information content (AvgIpc) is 2.41. The molecule has 1 amide bonds. The SMILES string of the molecule is CCC1CN(C(=O)c2cc(I)ccc2Br)CCO1. The van der Waals surface area contributed by atoms with Crippen LogP contribution in [0.5, 0.6) is 0 Å². The van der Waals surface area contributed by atoms with Gasteiger partial charge >= 0.3 is 0 Å². The number of morpholine rings is 1. The highest BCUT2D eigenvalue weighted by molar-refractivity contribution is 14.1. The van der Waals surface area contributed by atoms with Crippen molar-refractivity contribution < 1.29 is 9.53 Å². The average molecular weight is 424 g/mol. The Labute approximate surface area is 129 Å². The first-order chi connectivity index (χ1) is 8.61. The molecule has 1 fully saturated rings. The highest BCUT2D eigenvalue weighted by atomic mass is 127. The van der Waals surface area contributed by atoms with E-state index in [1.54, 1.807) is 0 Å². The molecule has 1 aliphatic rings. The van der Waals surface area contributed by atoms with Crippen molar-refractivity contribution in [2.75, 3.05) is 19.7 Å². The molecule has 1 aromatic carbocycles. The summed E-state index contributed by atoms with van der Waals surface area (Å²) in [5, 5.41) is 0. The van der Waals surface area contributed by atoms with E-state index < -0.39 is 0 Å². The highest BCUT2D eigenvalue weighted by Crippen LogP contribution is 2.22. The number of carbonyl (C=O) groups is 1. The molecular weight excluding hydrogens is 409 g/mol. The Morgan fingerprint density at radius 1 is 1.61 bits per heavy atom. The third kappa shape index (κ3) is 3.24. The fourth-order valence-electron chi connectivity index (χ4n) is 1.98. The Morgan fingerprint density at radius 2 is 2.39 bits per heavy atom. The normalized spacial score (nSPS) is 19.9. The van der Waals surface area contributed by atoms with Crippen LogP contribution in [-0.4, -0.2) is 36.6 Å². The van der Waals surface area contributed by atoms with E-state index in [0.717, 1.165) is 20.0 Å². The maximum absolute atomic E-state index is 12.5. The second kappa shape index (κ2) is 6.34. The predicted molar refractivity (Wildman–Crippen MR) is 82.8 cm³/mol. The molecule has 0 N–H and O–H groups in total. The third-order valence-electron chi connectivity index (χ3n) is 3.04. The zero-order valence-corrected chi connectivity index (χ0v) is 13.9. The Hall–Kier alpha value is -0.140. The second-order valence-corrected chi connectivity index (χ2v) is 6.38. The molecule has 1 atom stereocenters. The second-order valence-electron chi connectivity index (χ2n) is 4.28. The number of nitrogens with zero attached hydrogens (tertiary/aromatic N) is 1. The molecule has 1 heterocycles. The summed E-state index contributed by atoms with van der Waals surface area (Å²) in [5.41, 5.74) is 0.735. The van der Waals surface area contributed by atoms with Gasteiger partial charge in [-0.15, -0.1) is 0 Å². The summed E-state index contributed by atoms with van der Waals surface area (Å²) >= 11 is 5.67. The summed E-state index contributed by atoms with van der Waals surface area (Å²) in [6.07, 6.45) is 1.11. The minimum atomic E-state index is 0.0853. The van der Waals surface area contributed by atoms with E-state index >= 15 is 0 Å². The van der Waals surface area contributed by atoms with Gasteiger partial charge in [0.25, 0.3) is 5.91 Å². The van der Waals surface area contributed by atoms with Crippen molar-refractivity contribution in [1.29, 1.82) is 0 Å². The van der Waals surface area contributed by atoms with Crippen LogP contribution in [0, 0.1) is 3.57 Å². The van der Waals surface area contributed by atoms with Crippen LogP contribution in [0.25, 0.3) is 0 Å². The quantitative estimate of drug-likeness (QED) is 0.683. The molecule has 0 aliphatic carbocycles. The van der Waals surface area contributed by atoms with Crippen LogP contribution in [0.4, 0.5) is 0 Å². The minimum absolute atomic E-state index is 0.0853. The Balaban J connectivity index is 2.17. The summed E-state index contributed by atoms with van der Waals surface area (Å²) in [6.45, 7) is 4.08. The van der Waals surface area contributed by atoms with Gasteiger partial charge in [-0.3, -0.25) is 4.79 Å². The molecule has 1 aliphatic heterocycles. The number of hydrogen-bond donors (Lipinski definition) is 0. The van der Waals surface area contributed by atoms with Crippen LogP contribution in [0.2, 0.25) is 0 Å². The highest BCUT2D eigenvalue weighted by Gasteiger charge is 2.25. The lowest BCUT2D eigenvalue weighted by Crippen LogP contribution is -2.45. The zero-order chi connectivity index (χ0) is 13.1. The van der Waals surface area contributed by atoms with Gasteiger partial charge in [0, 0.05) is 21.1 Å². The first-order valence-electron chi connectivity index (χ1n) is 5.97. The van der Waals surface area contributed by atoms with Crippen LogP contribution in [0.1, 0.15) is 23.7 Å². The molecule has 5 heteroatoms. The standard InChI is InChI=1S/C13H15BrINO2/c1-2-10-8-16(5-6-18-10)13(17)11-7-9(15)3-4-12(11)14/h3-4,7,10H,2,5-6,8H2,1H3. The Kier molecular flexibility index (Phi) is 5.03. The Bertz CT molecular complexity index is 453. The maximum Gasteiger partial charge on any atom is 0.255 e. The lowest BCUT2D eigenvalue weighted by Gasteiger charge is -2.32. The predicted octanol–water partition coefficient (Wildman–Crippen LogP) is 3.30. The molecule has 1 saturated heterocycles. The van der Waals surface area contributed by atoms with Gasteiger partial charge in [0.1, 0.15) is 0 Å². The van der Waals surface area contributed by atoms with E-state index in [1.807, 2.05) is 23.1 Å². The van der Waals surface area contributed by atoms with Crippen molar-refractivity contribution in [2.45, 2.75) is 19.4 Å². The molecule has 0 spiro atoms. The minimum Gasteiger partial charge on any atom is -0.375 e. The number of ether oxygens (including phenoxy) is 1. The molecule has 3 nitrogen and oxygen atoms in total. The molecular formula is C13H15BrINO2. The van der Waals surface area contributed by atoms with Crippen molar-refractivity contribution in [1.82, 2.24) is 4.90 Å². The number of benzene rings is 1. The molecule has 0 radical (unpaired) electrons. The number of halogens is 2. The molecule has 1 aromatic rings. The third-order valence-corrected chi connectivity index (χ3v) is 4.40. The summed E-state index contributed by atoms with van der Waals surface area (Å²) in [5.74, 6) is 0.0853. The van der Waals surface area contributed by atoms with E-state index in [-0.39, 0.29) is 12.0 Å². The van der Waals surface area contributed by atoms with Crippen molar-refractivity contribution in [3.8, 4) is 0 Å². The maximum atomic E-state index is 12.5. The van der Waals surface area contributed by atoms with Gasteiger partial charge in [-0.25, -0.2) is 0 Å². The monoisotopic (exact) mass is 423 g/mol. The molecule has 18 heavy (non-hydrogen) atoms. The fraction of sp³-hybridized carbons (Fsp3) is 0.462. The smallest absolute Gasteiger partial charge is 0.255 e. The molecule has 2 rings (SSSR count). The summed E-state index contributed by atoms with van der Waals surface area (Å²) in [6, 6.07) is 5.83. The molecule has 1 unspecified atom stereocenters. The molecule has 98 valence electrons. The van der Waals surface area contributed by atoms with Gasteiger partial charge in [-0.2, -0.15) is 0 Å². The largest absolute Gasteiger partial charge is 0.375 e. The van der Waals surface area contributed by atoms with Gasteiger partial charge < -0.3 is 9.64 Å². The molecule has 0 bridgehead atoms. The fourth-order valence-corrected chi connectivity index (χ4v) is 2.89. The van der Waals surface area contributed by atoms with Gasteiger partial charge in [0.15, 0.2) is 0 Å². The van der Waals surface area contributed by atoms with Crippen molar-refractivity contribution in [2.24, 2.45) is 0 Å². The lowest BCUT2D eigenvalue weighted by molar-refractivity contribution is -0.0226. The van der Waals surface area contributed by atoms with Gasteiger partial charge in [0.2, 0.25) is 0 Å². The topological polar surface area (TPSA) is 29.5 Å². The van der Waals surface area contributed by atoms with Gasteiger partial charge in [-0.1, -0.05) is 6.92 Å². The number of rotatable bonds is 2. The first kappa shape index (κ1) is 14.3. The molecule has 0 aromatic heterocycles. The van der Waals surface area contributed by atoms with Crippen LogP contribution in [-0.2, 0) is 4.74 Å². The summed E-state index contributed by atoms with van der Waals surface area (Å²) < 4.78 is 7.51. The lowest BCUT2D eigenvalue weighted by atomic mass is 10.1. The van der Waals surface area contributed by atoms with Crippen LogP contribution < -0.4 is 0 Å². The van der Waals surface area contributed by atoms with Gasteiger partial charge in [-0.05, 0) is 63.1 Å². The van der Waals surface area contributed by atoms with Crippen LogP contribution in [0.15, 0.2) is 22.7 Å². The van der Waals surface area contributed by atoms with Crippen molar-refractivity contribution >= 4 is 44.4 Å². The number of hydrogen-bond acceptors (Lipinski definition) is 2. The van der Waals surface area contributed by atoms with E-state index in [4.69, 9.17) is 4.74 Å².